The number of hydrogen-bond donors (Lipinski definition) is 2. The Hall–Kier alpha value is -3.58. The molecule has 0 spiro atoms. The van der Waals surface area contributed by atoms with Crippen molar-refractivity contribution in [2.75, 3.05) is 0 Å². The van der Waals surface area contributed by atoms with Gasteiger partial charge in [0.2, 0.25) is 0 Å². The van der Waals surface area contributed by atoms with Crippen LogP contribution in [-0.2, 0) is 19.0 Å². The molecular weight excluding hydrogens is 869 g/mol. The molecule has 3 amide bonds. The lowest BCUT2D eigenvalue weighted by Gasteiger charge is -2.49. The number of rotatable bonds is 5. The minimum absolute atomic E-state index is 0.313. The van der Waals surface area contributed by atoms with Gasteiger partial charge in [0.25, 0.3) is 0 Å². The van der Waals surface area contributed by atoms with Crippen LogP contribution in [0.25, 0.3) is 0 Å². The summed E-state index contributed by atoms with van der Waals surface area (Å²) in [7, 11) is 0. The fraction of sp³-hybridized carbons (Fsp3) is 0.686. The van der Waals surface area contributed by atoms with Gasteiger partial charge < -0.3 is 29.2 Å². The van der Waals surface area contributed by atoms with Crippen LogP contribution in [0, 0.1) is 0 Å². The summed E-state index contributed by atoms with van der Waals surface area (Å²) in [4.78, 5) is 53.9. The quantitative estimate of drug-likeness (QED) is 0.221. The standard InChI is InChI=1S/2C19H28ClNO3.C13H23NO3/c2*1-18(2,3)24-17(23)21-15(11-8-12-19(21,4)5)16(22)13-9-6-7-10-14(13)20;1-12(2,3)17-11(16)14-10(9-15)7-6-8-13(14,4)5/h2*6-7,9-10,15-16,22H,8,11-12H2,1-5H3;9-10H,6-8H2,1-5H3/t15-,16+;15-,16-;10-/m111/s1. The maximum atomic E-state index is 12.8. The van der Waals surface area contributed by atoms with Crippen LogP contribution >= 0.6 is 23.2 Å². The van der Waals surface area contributed by atoms with E-state index in [1.807, 2.05) is 140 Å². The summed E-state index contributed by atoms with van der Waals surface area (Å²) in [6.07, 6.45) is 5.67. The van der Waals surface area contributed by atoms with Gasteiger partial charge in [-0.15, -0.1) is 0 Å². The number of halogens is 2. The van der Waals surface area contributed by atoms with E-state index in [4.69, 9.17) is 37.4 Å². The molecule has 65 heavy (non-hydrogen) atoms. The highest BCUT2D eigenvalue weighted by Gasteiger charge is 2.47. The Morgan fingerprint density at radius 1 is 0.569 bits per heavy atom. The van der Waals surface area contributed by atoms with Crippen molar-refractivity contribution in [3.8, 4) is 0 Å². The fourth-order valence-electron chi connectivity index (χ4n) is 8.98. The zero-order chi connectivity index (χ0) is 49.5. The average Bonchev–Trinajstić information content (AvgIpc) is 3.14. The minimum atomic E-state index is -0.842. The Bertz CT molecular complexity index is 1810. The second kappa shape index (κ2) is 22.0. The van der Waals surface area contributed by atoms with Crippen LogP contribution < -0.4 is 0 Å². The van der Waals surface area contributed by atoms with E-state index >= 15 is 0 Å². The Kier molecular flexibility index (Phi) is 18.9. The van der Waals surface area contributed by atoms with Gasteiger partial charge in [-0.2, -0.15) is 0 Å². The molecule has 3 fully saturated rings. The summed E-state index contributed by atoms with van der Waals surface area (Å²) in [6, 6.07) is 13.4. The highest BCUT2D eigenvalue weighted by atomic mass is 35.5. The van der Waals surface area contributed by atoms with Gasteiger partial charge in [0.15, 0.2) is 0 Å². The van der Waals surface area contributed by atoms with Gasteiger partial charge >= 0.3 is 18.3 Å². The van der Waals surface area contributed by atoms with Crippen molar-refractivity contribution in [1.29, 1.82) is 0 Å². The molecule has 2 aromatic carbocycles. The third-order valence-electron chi connectivity index (χ3n) is 11.9. The molecule has 5 rings (SSSR count). The van der Waals surface area contributed by atoms with E-state index in [1.165, 1.54) is 0 Å². The molecule has 14 heteroatoms. The highest BCUT2D eigenvalue weighted by molar-refractivity contribution is 6.31. The fourth-order valence-corrected chi connectivity index (χ4v) is 9.47. The number of amides is 3. The van der Waals surface area contributed by atoms with E-state index in [1.54, 1.807) is 26.8 Å². The van der Waals surface area contributed by atoms with Gasteiger partial charge in [-0.3, -0.25) is 14.7 Å². The third kappa shape index (κ3) is 15.8. The van der Waals surface area contributed by atoms with Gasteiger partial charge in [-0.25, -0.2) is 14.4 Å². The molecule has 0 aromatic heterocycles. The van der Waals surface area contributed by atoms with Gasteiger partial charge in [0, 0.05) is 37.8 Å². The number of benzene rings is 2. The largest absolute Gasteiger partial charge is 0.444 e. The molecular formula is C51H79Cl2N3O9. The summed E-state index contributed by atoms with van der Waals surface area (Å²) in [5.74, 6) is 0. The lowest BCUT2D eigenvalue weighted by atomic mass is 9.83. The molecule has 0 unspecified atom stereocenters. The number of aliphatic hydroxyl groups excluding tert-OH is 2. The number of carbonyl (C=O) groups excluding carboxylic acids is 4. The first-order valence-corrected chi connectivity index (χ1v) is 23.9. The molecule has 12 nitrogen and oxygen atoms in total. The van der Waals surface area contributed by atoms with Crippen molar-refractivity contribution in [2.45, 2.75) is 225 Å². The van der Waals surface area contributed by atoms with Gasteiger partial charge in [-0.05, 0) is 174 Å². The van der Waals surface area contributed by atoms with E-state index in [-0.39, 0.29) is 53.0 Å². The molecule has 0 aliphatic carbocycles. The first kappa shape index (κ1) is 55.7. The zero-order valence-corrected chi connectivity index (χ0v) is 43.3. The van der Waals surface area contributed by atoms with Gasteiger partial charge in [0.1, 0.15) is 35.3 Å². The normalized spacial score (nSPS) is 22.7. The Morgan fingerprint density at radius 2 is 0.862 bits per heavy atom. The summed E-state index contributed by atoms with van der Waals surface area (Å²) >= 11 is 12.5. The van der Waals surface area contributed by atoms with Crippen molar-refractivity contribution in [3.63, 3.8) is 0 Å². The maximum absolute atomic E-state index is 12.8. The Labute approximate surface area is 399 Å². The molecule has 2 aromatic rings. The lowest BCUT2D eigenvalue weighted by molar-refractivity contribution is -0.116. The summed E-state index contributed by atoms with van der Waals surface area (Å²) in [5.41, 5.74) is -1.47. The molecule has 3 saturated heterocycles. The number of hydrogen-bond acceptors (Lipinski definition) is 9. The van der Waals surface area contributed by atoms with Crippen molar-refractivity contribution in [2.24, 2.45) is 0 Å². The minimum Gasteiger partial charge on any atom is -0.444 e. The van der Waals surface area contributed by atoms with E-state index in [9.17, 15) is 29.4 Å². The molecule has 0 bridgehead atoms. The zero-order valence-electron chi connectivity index (χ0n) is 41.8. The van der Waals surface area contributed by atoms with E-state index in [0.29, 0.717) is 21.2 Å². The van der Waals surface area contributed by atoms with Crippen LogP contribution in [0.15, 0.2) is 48.5 Å². The summed E-state index contributed by atoms with van der Waals surface area (Å²) in [5, 5.41) is 22.9. The summed E-state index contributed by atoms with van der Waals surface area (Å²) in [6.45, 7) is 28.6. The highest BCUT2D eigenvalue weighted by Crippen LogP contribution is 2.41. The van der Waals surface area contributed by atoms with Crippen LogP contribution in [0.1, 0.15) is 185 Å². The van der Waals surface area contributed by atoms with E-state index in [2.05, 4.69) is 0 Å². The first-order chi connectivity index (χ1) is 29.7. The predicted octanol–water partition coefficient (Wildman–Crippen LogP) is 12.6. The van der Waals surface area contributed by atoms with Gasteiger partial charge in [0.05, 0.1) is 18.1 Å². The molecule has 2 N–H and O–H groups in total. The molecule has 3 heterocycles. The molecule has 366 valence electrons. The monoisotopic (exact) mass is 948 g/mol. The van der Waals surface area contributed by atoms with Crippen LogP contribution in [0.4, 0.5) is 14.4 Å². The maximum Gasteiger partial charge on any atom is 0.411 e. The Balaban J connectivity index is 0.000000264. The number of aliphatic hydroxyl groups is 2. The number of likely N-dealkylation sites (tertiary alicyclic amines) is 3. The summed E-state index contributed by atoms with van der Waals surface area (Å²) < 4.78 is 16.6. The number of ether oxygens (including phenoxy) is 3. The number of aldehydes is 1. The van der Waals surface area contributed by atoms with Crippen molar-refractivity contribution in [3.05, 3.63) is 69.7 Å². The average molecular weight is 949 g/mol. The molecule has 0 saturated carbocycles. The van der Waals surface area contributed by atoms with Crippen LogP contribution in [0.2, 0.25) is 10.0 Å². The molecule has 3 aliphatic heterocycles. The number of carbonyl (C=O) groups is 4. The van der Waals surface area contributed by atoms with Gasteiger partial charge in [-0.1, -0.05) is 59.6 Å². The first-order valence-electron chi connectivity index (χ1n) is 23.1. The van der Waals surface area contributed by atoms with E-state index in [0.717, 1.165) is 64.1 Å². The van der Waals surface area contributed by atoms with Crippen LogP contribution in [-0.4, -0.2) is 101 Å². The molecule has 5 atom stereocenters. The predicted molar refractivity (Wildman–Crippen MR) is 258 cm³/mol. The third-order valence-corrected chi connectivity index (χ3v) is 12.6. The van der Waals surface area contributed by atoms with Crippen molar-refractivity contribution < 1.29 is 43.6 Å². The smallest absolute Gasteiger partial charge is 0.411 e. The van der Waals surface area contributed by atoms with Crippen LogP contribution in [0.3, 0.4) is 0 Å². The SMILES string of the molecule is CC(C)(C)OC(=O)N1[C@@H](C=O)CCCC1(C)C.CC(C)(C)OC(=O)N1[C@@H]([C@@H](O)c2ccccc2Cl)CCCC1(C)C.CC(C)(C)OC(=O)N1[C@@H]([C@H](O)c2ccccc2Cl)CCCC1(C)C. The Morgan fingerprint density at radius 3 is 1.17 bits per heavy atom. The molecule has 0 radical (unpaired) electrons. The van der Waals surface area contributed by atoms with Crippen LogP contribution in [0.5, 0.6) is 0 Å². The second-order valence-corrected chi connectivity index (χ2v) is 23.3. The number of nitrogens with zero attached hydrogens (tertiary/aromatic N) is 3. The second-order valence-electron chi connectivity index (χ2n) is 22.4. The topological polar surface area (TPSA) is 146 Å². The van der Waals surface area contributed by atoms with E-state index < -0.39 is 29.0 Å². The molecule has 3 aliphatic rings. The van der Waals surface area contributed by atoms with Crippen molar-refractivity contribution >= 4 is 47.8 Å². The number of piperidine rings is 3. The van der Waals surface area contributed by atoms with Crippen molar-refractivity contribution in [1.82, 2.24) is 14.7 Å². The lowest BCUT2D eigenvalue weighted by Crippen LogP contribution is -2.58.